The second-order valence-corrected chi connectivity index (χ2v) is 9.00. The molecule has 152 valence electrons. The van der Waals surface area contributed by atoms with Crippen LogP contribution in [0.25, 0.3) is 0 Å². The summed E-state index contributed by atoms with van der Waals surface area (Å²) in [6.07, 6.45) is 2.16. The standard InChI is InChI=1S/C22H25N3O2S2/c1-15(2)22-25-18(14-29-22)13-23-21(27)16-6-3-7-17(12-16)24-20(26)10-4-8-19-9-5-11-28-19/h3,5-7,9,11-12,14-15H,4,8,10,13H2,1-2H3,(H,23,27)(H,24,26). The number of carbonyl (C=O) groups is 2. The van der Waals surface area contributed by atoms with Crippen molar-refractivity contribution in [2.75, 3.05) is 5.32 Å². The SMILES string of the molecule is CC(C)c1nc(CNC(=O)c2cccc(NC(=O)CCCc3cccs3)c2)cs1. The number of aryl methyl sites for hydroxylation is 1. The molecule has 0 bridgehead atoms. The molecule has 5 nitrogen and oxygen atoms in total. The molecular formula is C22H25N3O2S2. The van der Waals surface area contributed by atoms with Crippen LogP contribution < -0.4 is 10.6 Å². The molecule has 0 atom stereocenters. The number of nitrogens with one attached hydrogen (secondary N) is 2. The minimum absolute atomic E-state index is 0.0391. The van der Waals surface area contributed by atoms with Crippen molar-refractivity contribution in [1.82, 2.24) is 10.3 Å². The number of anilines is 1. The fraction of sp³-hybridized carbons (Fsp3) is 0.318. The molecule has 0 fully saturated rings. The number of hydrogen-bond acceptors (Lipinski definition) is 5. The van der Waals surface area contributed by atoms with Gasteiger partial charge in [0.1, 0.15) is 0 Å². The zero-order valence-electron chi connectivity index (χ0n) is 16.6. The second-order valence-electron chi connectivity index (χ2n) is 7.08. The van der Waals surface area contributed by atoms with E-state index >= 15 is 0 Å². The quantitative estimate of drug-likeness (QED) is 0.492. The van der Waals surface area contributed by atoms with Gasteiger partial charge in [0.05, 0.1) is 17.2 Å². The third-order valence-corrected chi connectivity index (χ3v) is 6.44. The molecular weight excluding hydrogens is 402 g/mol. The Hall–Kier alpha value is -2.51. The summed E-state index contributed by atoms with van der Waals surface area (Å²) in [5, 5.41) is 10.9. The molecule has 0 radical (unpaired) electrons. The van der Waals surface area contributed by atoms with Crippen LogP contribution in [0.2, 0.25) is 0 Å². The monoisotopic (exact) mass is 427 g/mol. The molecule has 0 aliphatic rings. The Morgan fingerprint density at radius 1 is 1.14 bits per heavy atom. The third kappa shape index (κ3) is 6.51. The number of aromatic nitrogens is 1. The molecule has 1 aromatic carbocycles. The smallest absolute Gasteiger partial charge is 0.251 e. The molecule has 3 rings (SSSR count). The van der Waals surface area contributed by atoms with E-state index in [4.69, 9.17) is 0 Å². The summed E-state index contributed by atoms with van der Waals surface area (Å²) in [6, 6.07) is 11.1. The van der Waals surface area contributed by atoms with Crippen LogP contribution in [0.4, 0.5) is 5.69 Å². The summed E-state index contributed by atoms with van der Waals surface area (Å²) in [5.41, 5.74) is 2.01. The zero-order valence-corrected chi connectivity index (χ0v) is 18.2. The van der Waals surface area contributed by atoms with Crippen LogP contribution >= 0.6 is 22.7 Å². The molecule has 0 unspecified atom stereocenters. The number of rotatable bonds is 9. The highest BCUT2D eigenvalue weighted by atomic mass is 32.1. The van der Waals surface area contributed by atoms with E-state index in [1.807, 2.05) is 16.8 Å². The lowest BCUT2D eigenvalue weighted by atomic mass is 10.1. The van der Waals surface area contributed by atoms with Gasteiger partial charge in [0.15, 0.2) is 0 Å². The first-order valence-electron chi connectivity index (χ1n) is 9.66. The lowest BCUT2D eigenvalue weighted by Gasteiger charge is -2.08. The van der Waals surface area contributed by atoms with Gasteiger partial charge in [-0.3, -0.25) is 9.59 Å². The van der Waals surface area contributed by atoms with Gasteiger partial charge in [0, 0.05) is 33.8 Å². The van der Waals surface area contributed by atoms with E-state index in [9.17, 15) is 9.59 Å². The summed E-state index contributed by atoms with van der Waals surface area (Å²) in [7, 11) is 0. The number of amides is 2. The van der Waals surface area contributed by atoms with E-state index < -0.39 is 0 Å². The van der Waals surface area contributed by atoms with Crippen molar-refractivity contribution in [2.45, 2.75) is 45.6 Å². The number of nitrogens with zero attached hydrogens (tertiary/aromatic N) is 1. The van der Waals surface area contributed by atoms with Crippen LogP contribution in [0, 0.1) is 0 Å². The maximum Gasteiger partial charge on any atom is 0.251 e. The van der Waals surface area contributed by atoms with Crippen LogP contribution in [0.5, 0.6) is 0 Å². The zero-order chi connectivity index (χ0) is 20.6. The molecule has 0 saturated carbocycles. The predicted molar refractivity (Wildman–Crippen MR) is 120 cm³/mol. The van der Waals surface area contributed by atoms with E-state index in [0.29, 0.717) is 30.1 Å². The summed E-state index contributed by atoms with van der Waals surface area (Å²) in [6.45, 7) is 4.59. The molecule has 7 heteroatoms. The van der Waals surface area contributed by atoms with Crippen LogP contribution in [0.1, 0.15) is 58.5 Å². The van der Waals surface area contributed by atoms with Gasteiger partial charge >= 0.3 is 0 Å². The summed E-state index contributed by atoms with van der Waals surface area (Å²) in [5.74, 6) is 0.163. The van der Waals surface area contributed by atoms with Crippen molar-refractivity contribution in [1.29, 1.82) is 0 Å². The maximum atomic E-state index is 12.5. The molecule has 0 spiro atoms. The van der Waals surface area contributed by atoms with Gasteiger partial charge in [-0.1, -0.05) is 26.0 Å². The number of benzene rings is 1. The molecule has 2 aromatic heterocycles. The summed E-state index contributed by atoms with van der Waals surface area (Å²) in [4.78, 5) is 30.4. The topological polar surface area (TPSA) is 71.1 Å². The van der Waals surface area contributed by atoms with Crippen molar-refractivity contribution < 1.29 is 9.59 Å². The summed E-state index contributed by atoms with van der Waals surface area (Å²) >= 11 is 3.32. The Labute approximate surface area is 179 Å². The molecule has 2 amide bonds. The van der Waals surface area contributed by atoms with E-state index in [1.54, 1.807) is 46.9 Å². The Kier molecular flexibility index (Phi) is 7.55. The number of carbonyl (C=O) groups excluding carboxylic acids is 2. The van der Waals surface area contributed by atoms with E-state index in [2.05, 4.69) is 35.5 Å². The molecule has 3 aromatic rings. The third-order valence-electron chi connectivity index (χ3n) is 4.31. The lowest BCUT2D eigenvalue weighted by molar-refractivity contribution is -0.116. The van der Waals surface area contributed by atoms with Gasteiger partial charge in [-0.25, -0.2) is 4.98 Å². The van der Waals surface area contributed by atoms with Crippen molar-refractivity contribution >= 4 is 40.2 Å². The van der Waals surface area contributed by atoms with Crippen molar-refractivity contribution in [3.63, 3.8) is 0 Å². The van der Waals surface area contributed by atoms with Crippen LogP contribution in [-0.2, 0) is 17.8 Å². The first-order valence-corrected chi connectivity index (χ1v) is 11.4. The highest BCUT2D eigenvalue weighted by Crippen LogP contribution is 2.19. The normalized spacial score (nSPS) is 10.9. The first kappa shape index (κ1) is 21.2. The van der Waals surface area contributed by atoms with Crippen molar-refractivity contribution in [3.8, 4) is 0 Å². The van der Waals surface area contributed by atoms with E-state index in [1.165, 1.54) is 4.88 Å². The lowest BCUT2D eigenvalue weighted by Crippen LogP contribution is -2.23. The molecule has 0 saturated heterocycles. The Morgan fingerprint density at radius 3 is 2.72 bits per heavy atom. The average molecular weight is 428 g/mol. The molecule has 0 aliphatic carbocycles. The van der Waals surface area contributed by atoms with Gasteiger partial charge in [0.25, 0.3) is 5.91 Å². The molecule has 2 N–H and O–H groups in total. The van der Waals surface area contributed by atoms with Crippen molar-refractivity contribution in [2.24, 2.45) is 0 Å². The van der Waals surface area contributed by atoms with E-state index in [-0.39, 0.29) is 11.8 Å². The predicted octanol–water partition coefficient (Wildman–Crippen LogP) is 5.22. The van der Waals surface area contributed by atoms with E-state index in [0.717, 1.165) is 23.5 Å². The Morgan fingerprint density at radius 2 is 2.00 bits per heavy atom. The number of thiazole rings is 1. The Bertz CT molecular complexity index is 949. The second kappa shape index (κ2) is 10.3. The number of thiophene rings is 1. The van der Waals surface area contributed by atoms with Gasteiger partial charge in [-0.2, -0.15) is 0 Å². The Balaban J connectivity index is 1.48. The first-order chi connectivity index (χ1) is 14.0. The fourth-order valence-corrected chi connectivity index (χ4v) is 4.37. The fourth-order valence-electron chi connectivity index (χ4n) is 2.78. The van der Waals surface area contributed by atoms with Crippen LogP contribution in [-0.4, -0.2) is 16.8 Å². The minimum Gasteiger partial charge on any atom is -0.346 e. The highest BCUT2D eigenvalue weighted by Gasteiger charge is 2.10. The summed E-state index contributed by atoms with van der Waals surface area (Å²) < 4.78 is 0. The van der Waals surface area contributed by atoms with Gasteiger partial charge < -0.3 is 10.6 Å². The molecule has 29 heavy (non-hydrogen) atoms. The molecule has 0 aliphatic heterocycles. The largest absolute Gasteiger partial charge is 0.346 e. The minimum atomic E-state index is -0.183. The van der Waals surface area contributed by atoms with Gasteiger partial charge in [-0.15, -0.1) is 22.7 Å². The molecule has 2 heterocycles. The van der Waals surface area contributed by atoms with Gasteiger partial charge in [0.2, 0.25) is 5.91 Å². The number of hydrogen-bond donors (Lipinski definition) is 2. The maximum absolute atomic E-state index is 12.5. The van der Waals surface area contributed by atoms with Crippen LogP contribution in [0.15, 0.2) is 47.2 Å². The van der Waals surface area contributed by atoms with Crippen LogP contribution in [0.3, 0.4) is 0 Å². The van der Waals surface area contributed by atoms with Crippen molar-refractivity contribution in [3.05, 3.63) is 68.3 Å². The highest BCUT2D eigenvalue weighted by molar-refractivity contribution is 7.10. The van der Waals surface area contributed by atoms with Gasteiger partial charge in [-0.05, 0) is 42.5 Å². The average Bonchev–Trinajstić information content (AvgIpc) is 3.38.